The van der Waals surface area contributed by atoms with Crippen LogP contribution >= 0.6 is 11.8 Å². The summed E-state index contributed by atoms with van der Waals surface area (Å²) in [4.78, 5) is 30.3. The van der Waals surface area contributed by atoms with Gasteiger partial charge in [-0.1, -0.05) is 31.2 Å². The Morgan fingerprint density at radius 2 is 2.03 bits per heavy atom. The molecule has 1 aromatic rings. The molecule has 1 aromatic carbocycles. The average Bonchev–Trinajstić information content (AvgIpc) is 3.16. The Morgan fingerprint density at radius 1 is 1.27 bits per heavy atom. The number of amides is 2. The summed E-state index contributed by atoms with van der Waals surface area (Å²) in [5.41, 5.74) is 0.0392. The number of fused-ring (bicyclic) bond motifs is 1. The molecule has 33 heavy (non-hydrogen) atoms. The van der Waals surface area contributed by atoms with E-state index in [2.05, 4.69) is 17.2 Å². The van der Waals surface area contributed by atoms with Crippen LogP contribution in [0.2, 0.25) is 0 Å². The fourth-order valence-corrected chi connectivity index (χ4v) is 7.46. The maximum Gasteiger partial charge on any atom is 0.408 e. The maximum absolute atomic E-state index is 12.5. The first-order chi connectivity index (χ1) is 15.5. The number of carbonyl (C=O) groups excluding carboxylic acids is 2. The van der Waals surface area contributed by atoms with Gasteiger partial charge in [0.15, 0.2) is 15.0 Å². The summed E-state index contributed by atoms with van der Waals surface area (Å²) in [5, 5.41) is 2.61. The number of nitrogens with zero attached hydrogens (tertiary/aromatic N) is 2. The molecule has 0 spiro atoms. The Morgan fingerprint density at radius 3 is 2.73 bits per heavy atom. The first kappa shape index (κ1) is 25.4. The molecule has 11 heteroatoms. The zero-order valence-corrected chi connectivity index (χ0v) is 21.0. The van der Waals surface area contributed by atoms with Crippen molar-refractivity contribution < 1.29 is 27.5 Å². The Labute approximate surface area is 199 Å². The summed E-state index contributed by atoms with van der Waals surface area (Å²) in [6, 6.07) is 7.04. The highest BCUT2D eigenvalue weighted by Gasteiger charge is 2.49. The van der Waals surface area contributed by atoms with Crippen LogP contribution in [0.15, 0.2) is 29.3 Å². The third kappa shape index (κ3) is 7.10. The van der Waals surface area contributed by atoms with E-state index in [0.717, 1.165) is 12.8 Å². The van der Waals surface area contributed by atoms with Crippen molar-refractivity contribution in [2.45, 2.75) is 57.4 Å². The van der Waals surface area contributed by atoms with E-state index < -0.39 is 27.4 Å². The third-order valence-electron chi connectivity index (χ3n) is 4.93. The molecule has 0 bridgehead atoms. The van der Waals surface area contributed by atoms with Crippen molar-refractivity contribution in [3.8, 4) is 5.75 Å². The van der Waals surface area contributed by atoms with Crippen LogP contribution in [-0.2, 0) is 19.4 Å². The van der Waals surface area contributed by atoms with Crippen molar-refractivity contribution in [1.82, 2.24) is 5.32 Å². The quantitative estimate of drug-likeness (QED) is 0.572. The molecule has 2 heterocycles. The van der Waals surface area contributed by atoms with Crippen molar-refractivity contribution in [2.75, 3.05) is 29.6 Å². The number of hydrogen-bond acceptors (Lipinski definition) is 7. The smallest absolute Gasteiger partial charge is 0.408 e. The largest absolute Gasteiger partial charge is 0.494 e. The van der Waals surface area contributed by atoms with E-state index >= 15 is 0 Å². The Kier molecular flexibility index (Phi) is 7.94. The SMILES string of the molecule is CCCCOc1cccc(N2C(=NC(=O)CNC(=O)OC(C)(C)C)S[C@H]3CS(=O)(=O)C[C@H]32)c1. The molecule has 0 aromatic heterocycles. The number of thioether (sulfide) groups is 1. The normalized spacial score (nSPS) is 22.8. The molecule has 2 fully saturated rings. The van der Waals surface area contributed by atoms with Gasteiger partial charge in [0.05, 0.1) is 24.2 Å². The van der Waals surface area contributed by atoms with Crippen LogP contribution in [0.1, 0.15) is 40.5 Å². The number of rotatable bonds is 7. The fraction of sp³-hybridized carbons (Fsp3) is 0.591. The first-order valence-corrected chi connectivity index (χ1v) is 13.6. The number of hydrogen-bond donors (Lipinski definition) is 1. The average molecular weight is 498 g/mol. The van der Waals surface area contributed by atoms with Gasteiger partial charge in [-0.05, 0) is 39.3 Å². The molecule has 3 rings (SSSR count). The van der Waals surface area contributed by atoms with Crippen molar-refractivity contribution >= 4 is 44.5 Å². The van der Waals surface area contributed by atoms with Crippen molar-refractivity contribution in [1.29, 1.82) is 0 Å². The van der Waals surface area contributed by atoms with Crippen molar-refractivity contribution in [2.24, 2.45) is 4.99 Å². The van der Waals surface area contributed by atoms with Crippen LogP contribution in [0.25, 0.3) is 0 Å². The van der Waals surface area contributed by atoms with Crippen LogP contribution in [-0.4, -0.2) is 67.1 Å². The van der Waals surface area contributed by atoms with Gasteiger partial charge < -0.3 is 19.7 Å². The summed E-state index contributed by atoms with van der Waals surface area (Å²) >= 11 is 1.28. The van der Waals surface area contributed by atoms with Crippen LogP contribution < -0.4 is 15.0 Å². The molecule has 0 unspecified atom stereocenters. The van der Waals surface area contributed by atoms with E-state index in [1.165, 1.54) is 11.8 Å². The van der Waals surface area contributed by atoms with E-state index in [1.807, 2.05) is 24.3 Å². The number of nitrogens with one attached hydrogen (secondary N) is 1. The zero-order chi connectivity index (χ0) is 24.2. The Bertz CT molecular complexity index is 1020. The van der Waals surface area contributed by atoms with Gasteiger partial charge in [0.1, 0.15) is 17.9 Å². The Hall–Kier alpha value is -2.27. The topological polar surface area (TPSA) is 114 Å². The number of amidine groups is 1. The number of sulfone groups is 1. The number of alkyl carbamates (subject to hydrolysis) is 1. The molecular weight excluding hydrogens is 466 g/mol. The predicted molar refractivity (Wildman–Crippen MR) is 130 cm³/mol. The molecular formula is C22H31N3O6S2. The summed E-state index contributed by atoms with van der Waals surface area (Å²) in [5.74, 6) is 0.156. The lowest BCUT2D eigenvalue weighted by molar-refractivity contribution is -0.117. The van der Waals surface area contributed by atoms with Gasteiger partial charge in [0.2, 0.25) is 0 Å². The minimum atomic E-state index is -3.17. The Balaban J connectivity index is 1.78. The maximum atomic E-state index is 12.5. The number of anilines is 1. The highest BCUT2D eigenvalue weighted by molar-refractivity contribution is 8.16. The number of ether oxygens (including phenoxy) is 2. The second-order valence-electron chi connectivity index (χ2n) is 9.01. The minimum Gasteiger partial charge on any atom is -0.494 e. The van der Waals surface area contributed by atoms with Gasteiger partial charge in [-0.15, -0.1) is 0 Å². The zero-order valence-electron chi connectivity index (χ0n) is 19.4. The summed E-state index contributed by atoms with van der Waals surface area (Å²) in [6.45, 7) is 7.54. The van der Waals surface area contributed by atoms with Crippen molar-refractivity contribution in [3.05, 3.63) is 24.3 Å². The number of aliphatic imine (C=N–C) groups is 1. The number of unbranched alkanes of at least 4 members (excludes halogenated alkanes) is 1. The van der Waals surface area contributed by atoms with Gasteiger partial charge >= 0.3 is 6.09 Å². The van der Waals surface area contributed by atoms with Crippen LogP contribution in [0, 0.1) is 0 Å². The van der Waals surface area contributed by atoms with Gasteiger partial charge in [-0.3, -0.25) is 4.79 Å². The lowest BCUT2D eigenvalue weighted by Gasteiger charge is -2.25. The van der Waals surface area contributed by atoms with Crippen LogP contribution in [0.4, 0.5) is 10.5 Å². The van der Waals surface area contributed by atoms with E-state index in [-0.39, 0.29) is 29.3 Å². The van der Waals surface area contributed by atoms with Crippen LogP contribution in [0.3, 0.4) is 0 Å². The highest BCUT2D eigenvalue weighted by Crippen LogP contribution is 2.41. The molecule has 2 aliphatic heterocycles. The van der Waals surface area contributed by atoms with Gasteiger partial charge in [0.25, 0.3) is 5.91 Å². The second kappa shape index (κ2) is 10.3. The minimum absolute atomic E-state index is 0.00500. The van der Waals surface area contributed by atoms with Crippen LogP contribution in [0.5, 0.6) is 5.75 Å². The van der Waals surface area contributed by atoms with E-state index in [9.17, 15) is 18.0 Å². The lowest BCUT2D eigenvalue weighted by atomic mass is 10.2. The molecule has 182 valence electrons. The van der Waals surface area contributed by atoms with Gasteiger partial charge in [-0.25, -0.2) is 13.2 Å². The second-order valence-corrected chi connectivity index (χ2v) is 12.4. The molecule has 0 saturated carbocycles. The predicted octanol–water partition coefficient (Wildman–Crippen LogP) is 2.99. The first-order valence-electron chi connectivity index (χ1n) is 10.9. The standard InChI is InChI=1S/C22H31N3O6S2/c1-5-6-10-30-16-9-7-8-15(11-16)25-17-13-33(28,29)14-18(17)32-20(25)24-19(26)12-23-21(27)31-22(2,3)4/h7-9,11,17-18H,5-6,10,12-14H2,1-4H3,(H,23,27)/t17-,18+/m1/s1. The van der Waals surface area contributed by atoms with Gasteiger partial charge in [-0.2, -0.15) is 4.99 Å². The molecule has 1 N–H and O–H groups in total. The summed E-state index contributed by atoms with van der Waals surface area (Å²) < 4.78 is 35.4. The third-order valence-corrected chi connectivity index (χ3v) is 8.14. The molecule has 2 atom stereocenters. The lowest BCUT2D eigenvalue weighted by Crippen LogP contribution is -2.38. The van der Waals surface area contributed by atoms with Gasteiger partial charge in [0, 0.05) is 17.0 Å². The summed E-state index contributed by atoms with van der Waals surface area (Å²) in [7, 11) is -3.17. The molecule has 2 amide bonds. The van der Waals surface area contributed by atoms with E-state index in [0.29, 0.717) is 23.2 Å². The molecule has 2 saturated heterocycles. The number of carbonyl (C=O) groups is 2. The van der Waals surface area contributed by atoms with Crippen molar-refractivity contribution in [3.63, 3.8) is 0 Å². The highest BCUT2D eigenvalue weighted by atomic mass is 32.2. The molecule has 9 nitrogen and oxygen atoms in total. The molecule has 2 aliphatic rings. The fourth-order valence-electron chi connectivity index (χ4n) is 3.53. The van der Waals surface area contributed by atoms with E-state index in [4.69, 9.17) is 9.47 Å². The molecule has 0 aliphatic carbocycles. The van der Waals surface area contributed by atoms with E-state index in [1.54, 1.807) is 25.7 Å². The summed E-state index contributed by atoms with van der Waals surface area (Å²) in [6.07, 6.45) is 1.24. The monoisotopic (exact) mass is 497 g/mol. The number of benzene rings is 1. The molecule has 0 radical (unpaired) electrons.